The smallest absolute Gasteiger partial charge is 0.291 e. The van der Waals surface area contributed by atoms with Gasteiger partial charge in [-0.25, -0.2) is 4.98 Å². The molecule has 0 atom stereocenters. The predicted molar refractivity (Wildman–Crippen MR) is 146 cm³/mol. The van der Waals surface area contributed by atoms with E-state index in [1.807, 2.05) is 61.5 Å². The van der Waals surface area contributed by atoms with Crippen LogP contribution in [-0.2, 0) is 0 Å². The Morgan fingerprint density at radius 3 is 2.56 bits per heavy atom. The molecule has 0 fully saturated rings. The third-order valence-electron chi connectivity index (χ3n) is 6.11. The lowest BCUT2D eigenvalue weighted by Crippen LogP contribution is -2.10. The van der Waals surface area contributed by atoms with Crippen molar-refractivity contribution in [1.82, 2.24) is 4.98 Å². The Morgan fingerprint density at radius 2 is 1.67 bits per heavy atom. The van der Waals surface area contributed by atoms with Gasteiger partial charge in [0.05, 0.1) is 0 Å². The van der Waals surface area contributed by atoms with Gasteiger partial charge in [0.2, 0.25) is 5.89 Å². The SMILES string of the molecule is Cc1c(Cl)cccc1-c1ccc(C(=O)Nc2ccc3oc(-c4cccc5c(Br)cccc45)nc3c2)o1. The molecule has 2 heterocycles. The van der Waals surface area contributed by atoms with Crippen molar-refractivity contribution < 1.29 is 13.6 Å². The van der Waals surface area contributed by atoms with E-state index < -0.39 is 0 Å². The van der Waals surface area contributed by atoms with Gasteiger partial charge in [0.1, 0.15) is 11.3 Å². The van der Waals surface area contributed by atoms with Gasteiger partial charge < -0.3 is 14.2 Å². The molecule has 0 saturated heterocycles. The standard InChI is InChI=1S/C29H18BrClN2O3/c1-16-18(5-4-10-23(16)31)25-13-14-27(35-25)28(34)32-17-11-12-26-24(15-17)33-29(36-26)21-8-2-7-20-19(21)6-3-9-22(20)30/h2-15H,1H3,(H,32,34). The number of nitrogens with zero attached hydrogens (tertiary/aromatic N) is 1. The van der Waals surface area contributed by atoms with E-state index in [0.29, 0.717) is 33.5 Å². The van der Waals surface area contributed by atoms with Crippen molar-refractivity contribution in [2.45, 2.75) is 6.92 Å². The van der Waals surface area contributed by atoms with E-state index in [2.05, 4.69) is 21.2 Å². The second-order valence-electron chi connectivity index (χ2n) is 8.37. The second kappa shape index (κ2) is 8.97. The van der Waals surface area contributed by atoms with Crippen molar-refractivity contribution in [2.24, 2.45) is 0 Å². The Morgan fingerprint density at radius 1 is 0.889 bits per heavy atom. The Balaban J connectivity index is 1.28. The molecule has 0 unspecified atom stereocenters. The van der Waals surface area contributed by atoms with Crippen molar-refractivity contribution in [1.29, 1.82) is 0 Å². The fraction of sp³-hybridized carbons (Fsp3) is 0.0345. The summed E-state index contributed by atoms with van der Waals surface area (Å²) >= 11 is 9.83. The number of carbonyl (C=O) groups excluding carboxylic acids is 1. The molecular weight excluding hydrogens is 540 g/mol. The summed E-state index contributed by atoms with van der Waals surface area (Å²) in [7, 11) is 0. The zero-order chi connectivity index (χ0) is 24.8. The number of rotatable bonds is 4. The minimum Gasteiger partial charge on any atom is -0.451 e. The molecule has 36 heavy (non-hydrogen) atoms. The van der Waals surface area contributed by atoms with Gasteiger partial charge in [-0.1, -0.05) is 63.9 Å². The maximum atomic E-state index is 12.9. The van der Waals surface area contributed by atoms with E-state index in [1.54, 1.807) is 30.3 Å². The Labute approximate surface area is 219 Å². The predicted octanol–water partition coefficient (Wildman–Crippen LogP) is 8.88. The van der Waals surface area contributed by atoms with Gasteiger partial charge in [-0.05, 0) is 71.8 Å². The summed E-state index contributed by atoms with van der Waals surface area (Å²) in [5.74, 6) is 0.942. The highest BCUT2D eigenvalue weighted by Crippen LogP contribution is 2.34. The quantitative estimate of drug-likeness (QED) is 0.235. The lowest BCUT2D eigenvalue weighted by molar-refractivity contribution is 0.0997. The van der Waals surface area contributed by atoms with Gasteiger partial charge >= 0.3 is 0 Å². The number of benzene rings is 4. The van der Waals surface area contributed by atoms with Crippen molar-refractivity contribution in [2.75, 3.05) is 5.32 Å². The molecule has 0 aliphatic heterocycles. The van der Waals surface area contributed by atoms with Crippen LogP contribution in [0, 0.1) is 6.92 Å². The number of amides is 1. The van der Waals surface area contributed by atoms with Crippen molar-refractivity contribution in [3.8, 4) is 22.8 Å². The molecule has 1 amide bonds. The molecule has 0 aliphatic carbocycles. The fourth-order valence-corrected chi connectivity index (χ4v) is 4.92. The first-order valence-electron chi connectivity index (χ1n) is 11.2. The van der Waals surface area contributed by atoms with Gasteiger partial charge in [0, 0.05) is 26.3 Å². The van der Waals surface area contributed by atoms with Crippen LogP contribution in [0.15, 0.2) is 98.2 Å². The van der Waals surface area contributed by atoms with Crippen LogP contribution in [0.5, 0.6) is 0 Å². The molecule has 6 rings (SSSR count). The molecule has 0 saturated carbocycles. The number of hydrogen-bond donors (Lipinski definition) is 1. The van der Waals surface area contributed by atoms with E-state index in [9.17, 15) is 4.79 Å². The van der Waals surface area contributed by atoms with Crippen molar-refractivity contribution in [3.63, 3.8) is 0 Å². The number of hydrogen-bond acceptors (Lipinski definition) is 4. The molecule has 7 heteroatoms. The molecule has 0 aliphatic rings. The molecule has 1 N–H and O–H groups in total. The van der Waals surface area contributed by atoms with Gasteiger partial charge in [-0.3, -0.25) is 4.79 Å². The van der Waals surface area contributed by atoms with Crippen LogP contribution in [0.1, 0.15) is 16.1 Å². The number of nitrogens with one attached hydrogen (secondary N) is 1. The van der Waals surface area contributed by atoms with Gasteiger partial charge in [0.25, 0.3) is 5.91 Å². The highest BCUT2D eigenvalue weighted by atomic mass is 79.9. The number of oxazole rings is 1. The van der Waals surface area contributed by atoms with Crippen LogP contribution in [0.25, 0.3) is 44.7 Å². The molecule has 0 radical (unpaired) electrons. The van der Waals surface area contributed by atoms with Crippen LogP contribution >= 0.6 is 27.5 Å². The largest absolute Gasteiger partial charge is 0.451 e. The molecule has 4 aromatic carbocycles. The maximum absolute atomic E-state index is 12.9. The summed E-state index contributed by atoms with van der Waals surface area (Å²) in [5.41, 5.74) is 4.50. The highest BCUT2D eigenvalue weighted by molar-refractivity contribution is 9.10. The minimum absolute atomic E-state index is 0.201. The monoisotopic (exact) mass is 556 g/mol. The molecule has 6 aromatic rings. The third kappa shape index (κ3) is 3.98. The number of anilines is 1. The van der Waals surface area contributed by atoms with Crippen LogP contribution in [0.2, 0.25) is 5.02 Å². The maximum Gasteiger partial charge on any atom is 0.291 e. The van der Waals surface area contributed by atoms with Crippen molar-refractivity contribution in [3.05, 3.63) is 106 Å². The van der Waals surface area contributed by atoms with E-state index in [-0.39, 0.29) is 11.7 Å². The van der Waals surface area contributed by atoms with Gasteiger partial charge in [-0.2, -0.15) is 0 Å². The number of halogens is 2. The lowest BCUT2D eigenvalue weighted by Gasteiger charge is -2.05. The number of furan rings is 1. The summed E-state index contributed by atoms with van der Waals surface area (Å²) in [6.07, 6.45) is 0. The summed E-state index contributed by atoms with van der Waals surface area (Å²) in [4.78, 5) is 17.6. The molecule has 0 spiro atoms. The number of fused-ring (bicyclic) bond motifs is 2. The molecular formula is C29H18BrClN2O3. The molecule has 0 bridgehead atoms. The zero-order valence-electron chi connectivity index (χ0n) is 19.0. The first-order chi connectivity index (χ1) is 17.5. The summed E-state index contributed by atoms with van der Waals surface area (Å²) in [6, 6.07) is 26.4. The Kier molecular flexibility index (Phi) is 5.63. The van der Waals surface area contributed by atoms with Gasteiger partial charge in [0.15, 0.2) is 11.3 Å². The lowest BCUT2D eigenvalue weighted by atomic mass is 10.0. The second-order valence-corrected chi connectivity index (χ2v) is 9.63. The highest BCUT2D eigenvalue weighted by Gasteiger charge is 2.16. The summed E-state index contributed by atoms with van der Waals surface area (Å²) < 4.78 is 12.9. The van der Waals surface area contributed by atoms with E-state index in [4.69, 9.17) is 25.4 Å². The van der Waals surface area contributed by atoms with Crippen LogP contribution < -0.4 is 5.32 Å². The third-order valence-corrected chi connectivity index (χ3v) is 7.21. The van der Waals surface area contributed by atoms with Crippen LogP contribution in [-0.4, -0.2) is 10.9 Å². The first-order valence-corrected chi connectivity index (χ1v) is 12.4. The fourth-order valence-electron chi connectivity index (χ4n) is 4.25. The average Bonchev–Trinajstić information content (AvgIpc) is 3.53. The number of carbonyl (C=O) groups is 1. The zero-order valence-corrected chi connectivity index (χ0v) is 21.4. The van der Waals surface area contributed by atoms with Crippen molar-refractivity contribution >= 4 is 61.0 Å². The first kappa shape index (κ1) is 22.6. The van der Waals surface area contributed by atoms with Gasteiger partial charge in [-0.15, -0.1) is 0 Å². The Bertz CT molecular complexity index is 1790. The summed E-state index contributed by atoms with van der Waals surface area (Å²) in [6.45, 7) is 1.92. The van der Waals surface area contributed by atoms with Crippen LogP contribution in [0.4, 0.5) is 5.69 Å². The van der Waals surface area contributed by atoms with E-state index in [1.165, 1.54) is 0 Å². The summed E-state index contributed by atoms with van der Waals surface area (Å²) in [5, 5.41) is 5.64. The van der Waals surface area contributed by atoms with E-state index in [0.717, 1.165) is 31.9 Å². The molecule has 2 aromatic heterocycles. The van der Waals surface area contributed by atoms with Crippen LogP contribution in [0.3, 0.4) is 0 Å². The average molecular weight is 558 g/mol. The number of aromatic nitrogens is 1. The minimum atomic E-state index is -0.358. The normalized spacial score (nSPS) is 11.3. The Hall–Kier alpha value is -3.87. The van der Waals surface area contributed by atoms with E-state index >= 15 is 0 Å². The molecule has 176 valence electrons. The molecule has 5 nitrogen and oxygen atoms in total. The topological polar surface area (TPSA) is 68.3 Å².